The Morgan fingerprint density at radius 2 is 2.10 bits per heavy atom. The first-order valence-electron chi connectivity index (χ1n) is 6.14. The molecule has 0 saturated carbocycles. The Kier molecular flexibility index (Phi) is 2.95. The number of aromatic nitrogens is 2. The molecule has 0 radical (unpaired) electrons. The lowest BCUT2D eigenvalue weighted by Gasteiger charge is -2.07. The summed E-state index contributed by atoms with van der Waals surface area (Å²) in [6.07, 6.45) is 1.69. The number of H-pyrrole nitrogens is 1. The van der Waals surface area contributed by atoms with Crippen molar-refractivity contribution in [2.45, 2.75) is 6.92 Å². The third-order valence-corrected chi connectivity index (χ3v) is 3.13. The number of carbonyl (C=O) groups is 1. The molecule has 100 valence electrons. The number of amides is 1. The summed E-state index contributed by atoms with van der Waals surface area (Å²) in [4.78, 5) is 12.2. The second kappa shape index (κ2) is 4.77. The van der Waals surface area contributed by atoms with E-state index in [1.807, 2.05) is 12.1 Å². The Morgan fingerprint density at radius 3 is 2.90 bits per heavy atom. The molecule has 1 heterocycles. The van der Waals surface area contributed by atoms with E-state index in [1.165, 1.54) is 18.2 Å². The van der Waals surface area contributed by atoms with Crippen LogP contribution in [0.15, 0.2) is 42.6 Å². The predicted octanol–water partition coefficient (Wildman–Crippen LogP) is 3.26. The van der Waals surface area contributed by atoms with Crippen molar-refractivity contribution in [2.75, 3.05) is 5.32 Å². The van der Waals surface area contributed by atoms with Gasteiger partial charge in [-0.15, -0.1) is 0 Å². The third-order valence-electron chi connectivity index (χ3n) is 3.13. The Morgan fingerprint density at radius 1 is 1.25 bits per heavy atom. The summed E-state index contributed by atoms with van der Waals surface area (Å²) in [7, 11) is 0. The van der Waals surface area contributed by atoms with Crippen LogP contribution in [0.4, 0.5) is 10.1 Å². The second-order valence-corrected chi connectivity index (χ2v) is 4.59. The molecule has 20 heavy (non-hydrogen) atoms. The lowest BCUT2D eigenvalue weighted by molar-refractivity contribution is 0.102. The van der Waals surface area contributed by atoms with Crippen molar-refractivity contribution in [2.24, 2.45) is 0 Å². The van der Waals surface area contributed by atoms with Gasteiger partial charge < -0.3 is 5.32 Å². The quantitative estimate of drug-likeness (QED) is 0.750. The lowest BCUT2D eigenvalue weighted by Crippen LogP contribution is -2.13. The van der Waals surface area contributed by atoms with Gasteiger partial charge in [-0.3, -0.25) is 9.89 Å². The number of nitrogens with one attached hydrogen (secondary N) is 2. The molecule has 3 rings (SSSR count). The van der Waals surface area contributed by atoms with Gasteiger partial charge >= 0.3 is 0 Å². The van der Waals surface area contributed by atoms with Crippen molar-refractivity contribution in [1.82, 2.24) is 10.2 Å². The molecule has 0 aliphatic carbocycles. The highest BCUT2D eigenvalue weighted by Crippen LogP contribution is 2.18. The largest absolute Gasteiger partial charge is 0.322 e. The summed E-state index contributed by atoms with van der Waals surface area (Å²) in [5.74, 6) is -0.607. The first kappa shape index (κ1) is 12.3. The van der Waals surface area contributed by atoms with Crippen LogP contribution < -0.4 is 5.32 Å². The van der Waals surface area contributed by atoms with Crippen LogP contribution in [-0.4, -0.2) is 16.1 Å². The van der Waals surface area contributed by atoms with Gasteiger partial charge in [0.25, 0.3) is 5.91 Å². The van der Waals surface area contributed by atoms with Crippen LogP contribution in [0.25, 0.3) is 10.9 Å². The summed E-state index contributed by atoms with van der Waals surface area (Å²) < 4.78 is 13.0. The second-order valence-electron chi connectivity index (χ2n) is 4.59. The SMILES string of the molecule is Cc1cc(F)ccc1C(=O)Nc1ccc2[nH]ncc2c1. The number of hydrogen-bond acceptors (Lipinski definition) is 2. The first-order valence-corrected chi connectivity index (χ1v) is 6.14. The molecule has 0 aliphatic heterocycles. The molecule has 2 N–H and O–H groups in total. The number of rotatable bonds is 2. The van der Waals surface area contributed by atoms with Crippen molar-refractivity contribution in [1.29, 1.82) is 0 Å². The molecule has 0 bridgehead atoms. The van der Waals surface area contributed by atoms with Gasteiger partial charge in [-0.2, -0.15) is 5.10 Å². The molecule has 1 aromatic heterocycles. The Balaban J connectivity index is 1.87. The molecule has 0 unspecified atom stereocenters. The standard InChI is InChI=1S/C15H12FN3O/c1-9-6-11(16)2-4-13(9)15(20)18-12-3-5-14-10(7-12)8-17-19-14/h2-8H,1H3,(H,17,19)(H,18,20). The molecule has 2 aromatic carbocycles. The van der Waals surface area contributed by atoms with Gasteiger partial charge in [0.15, 0.2) is 0 Å². The number of benzene rings is 2. The van der Waals surface area contributed by atoms with Gasteiger partial charge in [-0.25, -0.2) is 4.39 Å². The zero-order chi connectivity index (χ0) is 14.1. The minimum atomic E-state index is -0.348. The van der Waals surface area contributed by atoms with E-state index in [4.69, 9.17) is 0 Å². The molecule has 5 heteroatoms. The maximum Gasteiger partial charge on any atom is 0.255 e. The molecular formula is C15H12FN3O. The fourth-order valence-corrected chi connectivity index (χ4v) is 2.10. The number of carbonyl (C=O) groups excluding carboxylic acids is 1. The Labute approximate surface area is 114 Å². The van der Waals surface area contributed by atoms with E-state index in [0.29, 0.717) is 16.8 Å². The summed E-state index contributed by atoms with van der Waals surface area (Å²) in [6.45, 7) is 1.71. The zero-order valence-corrected chi connectivity index (χ0v) is 10.8. The van der Waals surface area contributed by atoms with E-state index in [1.54, 1.807) is 19.2 Å². The lowest BCUT2D eigenvalue weighted by atomic mass is 10.1. The Hall–Kier alpha value is -2.69. The number of aryl methyl sites for hydroxylation is 1. The molecule has 0 aliphatic rings. The fourth-order valence-electron chi connectivity index (χ4n) is 2.10. The van der Waals surface area contributed by atoms with Crippen LogP contribution in [0.2, 0.25) is 0 Å². The van der Waals surface area contributed by atoms with Crippen molar-refractivity contribution < 1.29 is 9.18 Å². The van der Waals surface area contributed by atoms with E-state index >= 15 is 0 Å². The van der Waals surface area contributed by atoms with Crippen molar-refractivity contribution >= 4 is 22.5 Å². The van der Waals surface area contributed by atoms with Crippen molar-refractivity contribution in [3.63, 3.8) is 0 Å². The molecule has 0 saturated heterocycles. The van der Waals surface area contributed by atoms with Crippen molar-refractivity contribution in [3.05, 3.63) is 59.5 Å². The number of anilines is 1. The summed E-state index contributed by atoms with van der Waals surface area (Å²) in [5, 5.41) is 10.5. The van der Waals surface area contributed by atoms with E-state index in [9.17, 15) is 9.18 Å². The van der Waals surface area contributed by atoms with Gasteiger partial charge in [0.1, 0.15) is 5.82 Å². The maximum atomic E-state index is 13.0. The normalized spacial score (nSPS) is 10.7. The molecule has 0 fully saturated rings. The highest BCUT2D eigenvalue weighted by atomic mass is 19.1. The molecule has 4 nitrogen and oxygen atoms in total. The van der Waals surface area contributed by atoms with Crippen LogP contribution >= 0.6 is 0 Å². The monoisotopic (exact) mass is 269 g/mol. The van der Waals surface area contributed by atoms with Gasteiger partial charge in [-0.05, 0) is 48.9 Å². The minimum Gasteiger partial charge on any atom is -0.322 e. The fraction of sp³-hybridized carbons (Fsp3) is 0.0667. The van der Waals surface area contributed by atoms with Crippen LogP contribution in [0, 0.1) is 12.7 Å². The summed E-state index contributed by atoms with van der Waals surface area (Å²) in [5.41, 5.74) is 2.64. The first-order chi connectivity index (χ1) is 9.63. The summed E-state index contributed by atoms with van der Waals surface area (Å²) >= 11 is 0. The van der Waals surface area contributed by atoms with Gasteiger partial charge in [-0.1, -0.05) is 0 Å². The topological polar surface area (TPSA) is 57.8 Å². The van der Waals surface area contributed by atoms with Crippen LogP contribution in [0.5, 0.6) is 0 Å². The van der Waals surface area contributed by atoms with Gasteiger partial charge in [0.05, 0.1) is 11.7 Å². The van der Waals surface area contributed by atoms with Crippen LogP contribution in [-0.2, 0) is 0 Å². The maximum absolute atomic E-state index is 13.0. The van der Waals surface area contributed by atoms with E-state index in [-0.39, 0.29) is 11.7 Å². The van der Waals surface area contributed by atoms with Crippen LogP contribution in [0.3, 0.4) is 0 Å². The smallest absolute Gasteiger partial charge is 0.255 e. The average Bonchev–Trinajstić information content (AvgIpc) is 2.85. The predicted molar refractivity (Wildman–Crippen MR) is 75.2 cm³/mol. The van der Waals surface area contributed by atoms with Gasteiger partial charge in [0, 0.05) is 16.6 Å². The van der Waals surface area contributed by atoms with E-state index in [2.05, 4.69) is 15.5 Å². The molecule has 0 spiro atoms. The number of halogens is 1. The van der Waals surface area contributed by atoms with E-state index in [0.717, 1.165) is 10.9 Å². The summed E-state index contributed by atoms with van der Waals surface area (Å²) in [6, 6.07) is 9.56. The molecule has 3 aromatic rings. The highest BCUT2D eigenvalue weighted by molar-refractivity contribution is 6.06. The zero-order valence-electron chi connectivity index (χ0n) is 10.8. The Bertz CT molecular complexity index is 795. The molecular weight excluding hydrogens is 257 g/mol. The number of nitrogens with zero attached hydrogens (tertiary/aromatic N) is 1. The highest BCUT2D eigenvalue weighted by Gasteiger charge is 2.10. The van der Waals surface area contributed by atoms with Gasteiger partial charge in [0.2, 0.25) is 0 Å². The number of hydrogen-bond donors (Lipinski definition) is 2. The van der Waals surface area contributed by atoms with E-state index < -0.39 is 0 Å². The molecule has 0 atom stereocenters. The minimum absolute atomic E-state index is 0.259. The third kappa shape index (κ3) is 2.25. The van der Waals surface area contributed by atoms with Crippen molar-refractivity contribution in [3.8, 4) is 0 Å². The molecule has 1 amide bonds. The number of aromatic amines is 1. The van der Waals surface area contributed by atoms with Crippen LogP contribution in [0.1, 0.15) is 15.9 Å². The number of fused-ring (bicyclic) bond motifs is 1. The average molecular weight is 269 g/mol.